The molecule has 2 N–H and O–H groups in total. The van der Waals surface area contributed by atoms with E-state index in [2.05, 4.69) is 6.92 Å². The zero-order valence-electron chi connectivity index (χ0n) is 20.9. The number of aromatic hydroxyl groups is 2. The van der Waals surface area contributed by atoms with Gasteiger partial charge in [-0.1, -0.05) is 43.5 Å². The molecule has 4 rings (SSSR count). The first-order chi connectivity index (χ1) is 17.1. The molecule has 3 aromatic carbocycles. The Hall–Kier alpha value is -4.00. The lowest BCUT2D eigenvalue weighted by Gasteiger charge is -2.36. The van der Waals surface area contributed by atoms with Crippen molar-refractivity contribution >= 4 is 11.9 Å². The second kappa shape index (κ2) is 9.93. The molecule has 0 bridgehead atoms. The van der Waals surface area contributed by atoms with Gasteiger partial charge in [0.2, 0.25) is 0 Å². The molecule has 36 heavy (non-hydrogen) atoms. The molecule has 0 unspecified atom stereocenters. The summed E-state index contributed by atoms with van der Waals surface area (Å²) in [7, 11) is 0. The molecule has 0 aliphatic carbocycles. The fourth-order valence-electron chi connectivity index (χ4n) is 4.43. The molecule has 0 fully saturated rings. The molecular formula is C29H30O7. The van der Waals surface area contributed by atoms with E-state index in [1.54, 1.807) is 6.07 Å². The van der Waals surface area contributed by atoms with E-state index >= 15 is 0 Å². The number of unbranched alkanes of at least 4 members (excludes halogenated alkanes) is 2. The topological polar surface area (TPSA) is 102 Å². The summed E-state index contributed by atoms with van der Waals surface area (Å²) < 4.78 is 17.0. The fourth-order valence-corrected chi connectivity index (χ4v) is 4.43. The highest BCUT2D eigenvalue weighted by molar-refractivity contribution is 6.31. The van der Waals surface area contributed by atoms with Crippen LogP contribution in [0.15, 0.2) is 48.5 Å². The zero-order valence-corrected chi connectivity index (χ0v) is 20.9. The number of carbonyl (C=O) groups is 2. The van der Waals surface area contributed by atoms with E-state index in [1.165, 1.54) is 0 Å². The number of rotatable bonds is 6. The maximum atomic E-state index is 12.8. The summed E-state index contributed by atoms with van der Waals surface area (Å²) in [5.74, 6) is -2.53. The first-order valence-electron chi connectivity index (χ1n) is 12.0. The zero-order chi connectivity index (χ0) is 26.0. The van der Waals surface area contributed by atoms with Crippen LogP contribution in [-0.4, -0.2) is 22.2 Å². The van der Waals surface area contributed by atoms with Gasteiger partial charge in [-0.3, -0.25) is 0 Å². The summed E-state index contributed by atoms with van der Waals surface area (Å²) in [5.41, 5.74) is 3.77. The van der Waals surface area contributed by atoms with Crippen LogP contribution >= 0.6 is 0 Å². The predicted molar refractivity (Wildman–Crippen MR) is 135 cm³/mol. The molecule has 0 radical (unpaired) electrons. The molecule has 0 aromatic heterocycles. The van der Waals surface area contributed by atoms with Crippen LogP contribution in [0.2, 0.25) is 0 Å². The summed E-state index contributed by atoms with van der Waals surface area (Å²) in [6.45, 7) is 8.08. The molecule has 3 aromatic rings. The second-order valence-corrected chi connectivity index (χ2v) is 9.55. The Labute approximate surface area is 210 Å². The van der Waals surface area contributed by atoms with E-state index in [4.69, 9.17) is 14.2 Å². The molecule has 1 aliphatic rings. The van der Waals surface area contributed by atoms with Gasteiger partial charge in [-0.05, 0) is 56.9 Å². The van der Waals surface area contributed by atoms with Crippen molar-refractivity contribution in [3.8, 4) is 39.9 Å². The summed E-state index contributed by atoms with van der Waals surface area (Å²) in [6.07, 6.45) is 3.86. The van der Waals surface area contributed by atoms with Gasteiger partial charge in [0.05, 0.1) is 5.56 Å². The molecule has 7 nitrogen and oxygen atoms in total. The lowest BCUT2D eigenvalue weighted by Crippen LogP contribution is -2.30. The molecule has 0 atom stereocenters. The number of ether oxygens (including phenoxy) is 3. The van der Waals surface area contributed by atoms with Crippen LogP contribution in [0.5, 0.6) is 28.7 Å². The van der Waals surface area contributed by atoms with Gasteiger partial charge in [0.25, 0.3) is 0 Å². The minimum absolute atomic E-state index is 0.184. The number of hydrogen-bond acceptors (Lipinski definition) is 7. The first-order valence-corrected chi connectivity index (χ1v) is 12.0. The quantitative estimate of drug-likeness (QED) is 0.191. The van der Waals surface area contributed by atoms with Crippen LogP contribution in [0, 0.1) is 6.92 Å². The second-order valence-electron chi connectivity index (χ2n) is 9.55. The Morgan fingerprint density at radius 3 is 2.31 bits per heavy atom. The Kier molecular flexibility index (Phi) is 6.93. The monoisotopic (exact) mass is 490 g/mol. The van der Waals surface area contributed by atoms with Gasteiger partial charge < -0.3 is 24.4 Å². The van der Waals surface area contributed by atoms with Gasteiger partial charge >= 0.3 is 11.9 Å². The summed E-state index contributed by atoms with van der Waals surface area (Å²) >= 11 is 0. The molecule has 7 heteroatoms. The first kappa shape index (κ1) is 25.1. The SMILES string of the molecule is CCCCCc1cc(OC(=O)C(=O)Oc2cc(O)cc(O)c2)c2c(c1)OC(C)(C)c1ccc(C)cc1-2. The predicted octanol–water partition coefficient (Wildman–Crippen LogP) is 5.94. The number of hydrogen-bond donors (Lipinski definition) is 2. The molecule has 0 amide bonds. The molecular weight excluding hydrogens is 460 g/mol. The molecule has 0 saturated carbocycles. The van der Waals surface area contributed by atoms with Crippen LogP contribution in [0.25, 0.3) is 11.1 Å². The third-order valence-electron chi connectivity index (χ3n) is 6.11. The van der Waals surface area contributed by atoms with Crippen LogP contribution in [0.3, 0.4) is 0 Å². The van der Waals surface area contributed by atoms with Crippen molar-refractivity contribution < 1.29 is 34.0 Å². The number of carbonyl (C=O) groups excluding carboxylic acids is 2. The Morgan fingerprint density at radius 2 is 1.61 bits per heavy atom. The average molecular weight is 491 g/mol. The third-order valence-corrected chi connectivity index (χ3v) is 6.11. The van der Waals surface area contributed by atoms with Gasteiger partial charge in [-0.25, -0.2) is 9.59 Å². The van der Waals surface area contributed by atoms with E-state index in [9.17, 15) is 19.8 Å². The summed E-state index contributed by atoms with van der Waals surface area (Å²) in [5, 5.41) is 19.2. The van der Waals surface area contributed by atoms with Crippen molar-refractivity contribution in [2.75, 3.05) is 0 Å². The fraction of sp³-hybridized carbons (Fsp3) is 0.310. The highest BCUT2D eigenvalue weighted by Crippen LogP contribution is 2.50. The molecule has 0 saturated heterocycles. The molecule has 0 spiro atoms. The highest BCUT2D eigenvalue weighted by Gasteiger charge is 2.35. The van der Waals surface area contributed by atoms with Crippen LogP contribution in [0.1, 0.15) is 56.7 Å². The summed E-state index contributed by atoms with van der Waals surface area (Å²) in [6, 6.07) is 13.1. The normalized spacial score (nSPS) is 13.2. The Morgan fingerprint density at radius 1 is 0.917 bits per heavy atom. The van der Waals surface area contributed by atoms with E-state index in [0.29, 0.717) is 11.3 Å². The van der Waals surface area contributed by atoms with Crippen LogP contribution in [0.4, 0.5) is 0 Å². The number of phenolic OH excluding ortho intramolecular Hbond substituents is 2. The van der Waals surface area contributed by atoms with Gasteiger partial charge in [0, 0.05) is 23.8 Å². The molecule has 1 aliphatic heterocycles. The van der Waals surface area contributed by atoms with Crippen LogP contribution < -0.4 is 14.2 Å². The van der Waals surface area contributed by atoms with Crippen LogP contribution in [-0.2, 0) is 21.6 Å². The maximum absolute atomic E-state index is 12.8. The Balaban J connectivity index is 1.71. The van der Waals surface area contributed by atoms with Crippen molar-refractivity contribution in [2.45, 2.75) is 59.0 Å². The van der Waals surface area contributed by atoms with Crippen molar-refractivity contribution in [3.05, 3.63) is 65.2 Å². The van der Waals surface area contributed by atoms with Gasteiger partial charge in [-0.15, -0.1) is 0 Å². The van der Waals surface area contributed by atoms with Crippen molar-refractivity contribution in [1.29, 1.82) is 0 Å². The standard InChI is InChI=1S/C29H30O7/c1-5-6-7-8-18-12-24(35-28(33)27(32)34-21-15-19(30)14-20(31)16-21)26-22-11-17(2)9-10-23(22)29(3,4)36-25(26)13-18/h9-16,30-31H,5-8H2,1-4H3. The van der Waals surface area contributed by atoms with E-state index in [1.807, 2.05) is 45.0 Å². The number of esters is 2. The number of aryl methyl sites for hydroxylation is 2. The Bertz CT molecular complexity index is 1300. The molecule has 188 valence electrons. The largest absolute Gasteiger partial charge is 0.508 e. The highest BCUT2D eigenvalue weighted by atomic mass is 16.6. The van der Waals surface area contributed by atoms with Crippen molar-refractivity contribution in [2.24, 2.45) is 0 Å². The number of benzene rings is 3. The van der Waals surface area contributed by atoms with E-state index in [-0.39, 0.29) is 23.0 Å². The lowest BCUT2D eigenvalue weighted by atomic mass is 9.84. The van der Waals surface area contributed by atoms with Gasteiger partial charge in [-0.2, -0.15) is 0 Å². The number of phenols is 2. The van der Waals surface area contributed by atoms with Gasteiger partial charge in [0.15, 0.2) is 0 Å². The van der Waals surface area contributed by atoms with Crippen molar-refractivity contribution in [3.63, 3.8) is 0 Å². The maximum Gasteiger partial charge on any atom is 0.423 e. The van der Waals surface area contributed by atoms with Gasteiger partial charge in [0.1, 0.15) is 34.3 Å². The average Bonchev–Trinajstić information content (AvgIpc) is 2.77. The third kappa shape index (κ3) is 5.30. The lowest BCUT2D eigenvalue weighted by molar-refractivity contribution is -0.156. The van der Waals surface area contributed by atoms with E-state index in [0.717, 1.165) is 66.1 Å². The van der Waals surface area contributed by atoms with E-state index < -0.39 is 17.5 Å². The summed E-state index contributed by atoms with van der Waals surface area (Å²) in [4.78, 5) is 25.3. The van der Waals surface area contributed by atoms with Crippen molar-refractivity contribution in [1.82, 2.24) is 0 Å². The minimum atomic E-state index is -1.29. The number of fused-ring (bicyclic) bond motifs is 3. The minimum Gasteiger partial charge on any atom is -0.508 e. The smallest absolute Gasteiger partial charge is 0.423 e. The molecule has 1 heterocycles.